The summed E-state index contributed by atoms with van der Waals surface area (Å²) >= 11 is 1.30. The van der Waals surface area contributed by atoms with Crippen molar-refractivity contribution in [3.63, 3.8) is 0 Å². The molecule has 1 aromatic heterocycles. The van der Waals surface area contributed by atoms with E-state index in [0.717, 1.165) is 5.56 Å². The number of Topliss-reactive ketones (excluding diaryl/α,β-unsaturated/α-hetero) is 1. The smallest absolute Gasteiger partial charge is 0.293 e. The molecule has 0 saturated carbocycles. The van der Waals surface area contributed by atoms with Crippen LogP contribution in [-0.4, -0.2) is 25.8 Å². The Hall–Kier alpha value is -1.82. The molecule has 0 aliphatic carbocycles. The molecule has 2 rings (SSSR count). The van der Waals surface area contributed by atoms with Crippen LogP contribution in [0.15, 0.2) is 28.2 Å². The molecule has 0 amide bonds. The van der Waals surface area contributed by atoms with Gasteiger partial charge in [-0.2, -0.15) is 0 Å². The third-order valence-corrected chi connectivity index (χ3v) is 4.57. The van der Waals surface area contributed by atoms with Gasteiger partial charge in [-0.05, 0) is 44.9 Å². The van der Waals surface area contributed by atoms with Crippen LogP contribution in [0.3, 0.4) is 0 Å². The molecule has 0 spiro atoms. The second-order valence-electron chi connectivity index (χ2n) is 4.98. The predicted molar refractivity (Wildman–Crippen MR) is 84.1 cm³/mol. The molecule has 6 heteroatoms. The molecule has 2 aromatic rings. The van der Waals surface area contributed by atoms with Crippen molar-refractivity contribution in [3.8, 4) is 0 Å². The first-order valence-corrected chi connectivity index (χ1v) is 7.75. The number of aromatic amines is 1. The first kappa shape index (κ1) is 15.6. The zero-order chi connectivity index (χ0) is 15.6. The van der Waals surface area contributed by atoms with Gasteiger partial charge in [0.25, 0.3) is 0 Å². The Kier molecular flexibility index (Phi) is 4.67. The molecule has 0 radical (unpaired) electrons. The highest BCUT2D eigenvalue weighted by Crippen LogP contribution is 2.23. The molecule has 1 unspecified atom stereocenters. The SMILES string of the molecule is CCn1c(SC(C)C(=O)c2ccc(C)c(C)c2)n[nH]c1=O. The van der Waals surface area contributed by atoms with E-state index in [9.17, 15) is 9.59 Å². The fourth-order valence-corrected chi connectivity index (χ4v) is 3.01. The molecule has 0 aliphatic heterocycles. The molecule has 5 nitrogen and oxygen atoms in total. The maximum atomic E-state index is 12.5. The number of hydrogen-bond acceptors (Lipinski definition) is 4. The number of nitrogens with zero attached hydrogens (tertiary/aromatic N) is 2. The van der Waals surface area contributed by atoms with Gasteiger partial charge in [-0.15, -0.1) is 5.10 Å². The molecular formula is C15H19N3O2S. The van der Waals surface area contributed by atoms with Crippen molar-refractivity contribution in [2.75, 3.05) is 0 Å². The van der Waals surface area contributed by atoms with E-state index < -0.39 is 0 Å². The van der Waals surface area contributed by atoms with E-state index in [2.05, 4.69) is 10.2 Å². The van der Waals surface area contributed by atoms with E-state index in [4.69, 9.17) is 0 Å². The monoisotopic (exact) mass is 305 g/mol. The third kappa shape index (κ3) is 3.26. The van der Waals surface area contributed by atoms with Gasteiger partial charge in [0.05, 0.1) is 5.25 Å². The zero-order valence-corrected chi connectivity index (χ0v) is 13.5. The second kappa shape index (κ2) is 6.30. The van der Waals surface area contributed by atoms with Gasteiger partial charge >= 0.3 is 5.69 Å². The number of rotatable bonds is 5. The van der Waals surface area contributed by atoms with Crippen molar-refractivity contribution in [3.05, 3.63) is 45.4 Å². The fraction of sp³-hybridized carbons (Fsp3) is 0.400. The summed E-state index contributed by atoms with van der Waals surface area (Å²) in [5.74, 6) is 0.0428. The Morgan fingerprint density at radius 1 is 1.38 bits per heavy atom. The van der Waals surface area contributed by atoms with E-state index >= 15 is 0 Å². The lowest BCUT2D eigenvalue weighted by Crippen LogP contribution is -2.18. The number of H-pyrrole nitrogens is 1. The number of aromatic nitrogens is 3. The fourth-order valence-electron chi connectivity index (χ4n) is 2.01. The molecule has 1 atom stereocenters. The first-order chi connectivity index (χ1) is 9.93. The van der Waals surface area contributed by atoms with Crippen LogP contribution in [0.4, 0.5) is 0 Å². The Morgan fingerprint density at radius 3 is 2.71 bits per heavy atom. The van der Waals surface area contributed by atoms with Crippen LogP contribution in [0.2, 0.25) is 0 Å². The average Bonchev–Trinajstić information content (AvgIpc) is 2.81. The van der Waals surface area contributed by atoms with Crippen LogP contribution in [-0.2, 0) is 6.54 Å². The number of ketones is 1. The van der Waals surface area contributed by atoms with Crippen molar-refractivity contribution >= 4 is 17.5 Å². The van der Waals surface area contributed by atoms with Gasteiger partial charge in [0.15, 0.2) is 10.9 Å². The summed E-state index contributed by atoms with van der Waals surface area (Å²) < 4.78 is 1.52. The third-order valence-electron chi connectivity index (χ3n) is 3.48. The Bertz CT molecular complexity index is 718. The van der Waals surface area contributed by atoms with Crippen molar-refractivity contribution in [1.82, 2.24) is 14.8 Å². The van der Waals surface area contributed by atoms with Crippen molar-refractivity contribution in [2.24, 2.45) is 0 Å². The second-order valence-corrected chi connectivity index (χ2v) is 6.29. The van der Waals surface area contributed by atoms with Crippen molar-refractivity contribution < 1.29 is 4.79 Å². The van der Waals surface area contributed by atoms with Crippen LogP contribution in [0.25, 0.3) is 0 Å². The quantitative estimate of drug-likeness (QED) is 0.681. The van der Waals surface area contributed by atoms with Crippen LogP contribution < -0.4 is 5.69 Å². The van der Waals surface area contributed by atoms with Gasteiger partial charge in [0.2, 0.25) is 0 Å². The van der Waals surface area contributed by atoms with E-state index in [1.54, 1.807) is 0 Å². The van der Waals surface area contributed by atoms with Gasteiger partial charge in [0.1, 0.15) is 0 Å². The van der Waals surface area contributed by atoms with Crippen LogP contribution in [0.1, 0.15) is 35.3 Å². The van der Waals surface area contributed by atoms with Gasteiger partial charge < -0.3 is 0 Å². The maximum Gasteiger partial charge on any atom is 0.343 e. The number of nitrogens with one attached hydrogen (secondary N) is 1. The molecule has 21 heavy (non-hydrogen) atoms. The lowest BCUT2D eigenvalue weighted by molar-refractivity contribution is 0.0993. The molecule has 0 fully saturated rings. The van der Waals surface area contributed by atoms with E-state index in [1.807, 2.05) is 45.9 Å². The summed E-state index contributed by atoms with van der Waals surface area (Å²) in [5, 5.41) is 6.63. The van der Waals surface area contributed by atoms with Crippen LogP contribution in [0, 0.1) is 13.8 Å². The first-order valence-electron chi connectivity index (χ1n) is 6.87. The lowest BCUT2D eigenvalue weighted by Gasteiger charge is -2.11. The zero-order valence-electron chi connectivity index (χ0n) is 12.6. The minimum absolute atomic E-state index is 0.0428. The Morgan fingerprint density at radius 2 is 2.10 bits per heavy atom. The summed E-state index contributed by atoms with van der Waals surface area (Å²) in [6.07, 6.45) is 0. The summed E-state index contributed by atoms with van der Waals surface area (Å²) in [6.45, 7) is 8.25. The highest BCUT2D eigenvalue weighted by molar-refractivity contribution is 8.00. The molecule has 1 N–H and O–H groups in total. The number of carbonyl (C=O) groups excluding carboxylic acids is 1. The summed E-state index contributed by atoms with van der Waals surface area (Å²) in [7, 11) is 0. The highest BCUT2D eigenvalue weighted by Gasteiger charge is 2.20. The van der Waals surface area contributed by atoms with E-state index in [-0.39, 0.29) is 16.7 Å². The maximum absolute atomic E-state index is 12.5. The Balaban J connectivity index is 2.19. The minimum atomic E-state index is -0.299. The molecule has 1 aromatic carbocycles. The molecule has 0 saturated heterocycles. The number of benzene rings is 1. The molecular weight excluding hydrogens is 286 g/mol. The number of thioether (sulfide) groups is 1. The van der Waals surface area contributed by atoms with Crippen LogP contribution in [0.5, 0.6) is 0 Å². The number of carbonyl (C=O) groups is 1. The van der Waals surface area contributed by atoms with Gasteiger partial charge in [-0.25, -0.2) is 9.89 Å². The number of aryl methyl sites for hydroxylation is 2. The predicted octanol–water partition coefficient (Wildman–Crippen LogP) is 2.57. The normalized spacial score (nSPS) is 12.4. The van der Waals surface area contributed by atoms with Crippen molar-refractivity contribution in [2.45, 2.75) is 44.6 Å². The lowest BCUT2D eigenvalue weighted by atomic mass is 10.0. The average molecular weight is 305 g/mol. The highest BCUT2D eigenvalue weighted by atomic mass is 32.2. The summed E-state index contributed by atoms with van der Waals surface area (Å²) in [6, 6.07) is 5.71. The summed E-state index contributed by atoms with van der Waals surface area (Å²) in [5.41, 5.74) is 2.71. The molecule has 0 aliphatic rings. The largest absolute Gasteiger partial charge is 0.343 e. The molecule has 112 valence electrons. The minimum Gasteiger partial charge on any atom is -0.293 e. The molecule has 0 bridgehead atoms. The van der Waals surface area contributed by atoms with E-state index in [1.165, 1.54) is 21.9 Å². The van der Waals surface area contributed by atoms with Crippen molar-refractivity contribution in [1.29, 1.82) is 0 Å². The van der Waals surface area contributed by atoms with Gasteiger partial charge in [0, 0.05) is 12.1 Å². The standard InChI is InChI=1S/C15H19N3O2S/c1-5-18-14(20)16-17-15(18)21-11(4)13(19)12-7-6-9(2)10(3)8-12/h6-8,11H,5H2,1-4H3,(H,16,20). The molecule has 1 heterocycles. The van der Waals surface area contributed by atoms with Gasteiger partial charge in [-0.3, -0.25) is 9.36 Å². The topological polar surface area (TPSA) is 67.8 Å². The van der Waals surface area contributed by atoms with Gasteiger partial charge in [-0.1, -0.05) is 23.9 Å². The summed E-state index contributed by atoms with van der Waals surface area (Å²) in [4.78, 5) is 24.0. The number of hydrogen-bond donors (Lipinski definition) is 1. The Labute approximate surface area is 127 Å². The van der Waals surface area contributed by atoms with E-state index in [0.29, 0.717) is 17.3 Å². The van der Waals surface area contributed by atoms with Crippen LogP contribution >= 0.6 is 11.8 Å².